The van der Waals surface area contributed by atoms with Gasteiger partial charge in [0, 0.05) is 5.39 Å². The SMILES string of the molecule is C=CCOC(=O)c1cc2ccccc2nc1C. The van der Waals surface area contributed by atoms with E-state index in [0.717, 1.165) is 10.9 Å². The van der Waals surface area contributed by atoms with Crippen LogP contribution < -0.4 is 0 Å². The summed E-state index contributed by atoms with van der Waals surface area (Å²) in [4.78, 5) is 16.1. The van der Waals surface area contributed by atoms with Gasteiger partial charge in [0.25, 0.3) is 0 Å². The van der Waals surface area contributed by atoms with Crippen molar-refractivity contribution in [3.05, 3.63) is 54.2 Å². The second-order valence-electron chi connectivity index (χ2n) is 3.70. The standard InChI is InChI=1S/C14H13NO2/c1-3-8-17-14(16)12-9-11-6-4-5-7-13(11)15-10(12)2/h3-7,9H,1,8H2,2H3. The molecule has 2 aromatic rings. The first-order valence-corrected chi connectivity index (χ1v) is 5.37. The molecule has 86 valence electrons. The molecule has 17 heavy (non-hydrogen) atoms. The number of benzene rings is 1. The van der Waals surface area contributed by atoms with Crippen LogP contribution in [0.25, 0.3) is 10.9 Å². The minimum atomic E-state index is -0.361. The molecule has 3 nitrogen and oxygen atoms in total. The highest BCUT2D eigenvalue weighted by Crippen LogP contribution is 2.16. The zero-order chi connectivity index (χ0) is 12.3. The molecule has 0 unspecified atom stereocenters. The van der Waals surface area contributed by atoms with E-state index >= 15 is 0 Å². The number of para-hydroxylation sites is 1. The topological polar surface area (TPSA) is 39.2 Å². The fraction of sp³-hybridized carbons (Fsp3) is 0.143. The van der Waals surface area contributed by atoms with Crippen LogP contribution in [0, 0.1) is 6.92 Å². The largest absolute Gasteiger partial charge is 0.458 e. The van der Waals surface area contributed by atoms with Crippen LogP contribution in [0.2, 0.25) is 0 Å². The van der Waals surface area contributed by atoms with Crippen LogP contribution in [0.3, 0.4) is 0 Å². The van der Waals surface area contributed by atoms with Crippen LogP contribution in [0.4, 0.5) is 0 Å². The van der Waals surface area contributed by atoms with Crippen molar-refractivity contribution in [3.63, 3.8) is 0 Å². The Hall–Kier alpha value is -2.16. The molecule has 0 radical (unpaired) electrons. The molecule has 0 fully saturated rings. The van der Waals surface area contributed by atoms with Gasteiger partial charge < -0.3 is 4.74 Å². The molecule has 0 N–H and O–H groups in total. The Kier molecular flexibility index (Phi) is 3.19. The van der Waals surface area contributed by atoms with Gasteiger partial charge in [-0.15, -0.1) is 0 Å². The van der Waals surface area contributed by atoms with Gasteiger partial charge in [0.1, 0.15) is 6.61 Å². The van der Waals surface area contributed by atoms with Crippen LogP contribution in [0.5, 0.6) is 0 Å². The van der Waals surface area contributed by atoms with Gasteiger partial charge in [-0.1, -0.05) is 30.9 Å². The Morgan fingerprint density at radius 3 is 3.00 bits per heavy atom. The molecule has 0 saturated carbocycles. The van der Waals surface area contributed by atoms with Crippen molar-refractivity contribution < 1.29 is 9.53 Å². The third-order valence-electron chi connectivity index (χ3n) is 2.47. The minimum Gasteiger partial charge on any atom is -0.458 e. The maximum Gasteiger partial charge on any atom is 0.340 e. The van der Waals surface area contributed by atoms with E-state index in [1.54, 1.807) is 13.0 Å². The number of carbonyl (C=O) groups excluding carboxylic acids is 1. The van der Waals surface area contributed by atoms with E-state index in [4.69, 9.17) is 4.74 Å². The summed E-state index contributed by atoms with van der Waals surface area (Å²) in [5, 5.41) is 0.934. The van der Waals surface area contributed by atoms with Gasteiger partial charge in [-0.3, -0.25) is 4.98 Å². The Labute approximate surface area is 99.7 Å². The van der Waals surface area contributed by atoms with Crippen molar-refractivity contribution in [2.24, 2.45) is 0 Å². The number of carbonyl (C=O) groups is 1. The Bertz CT molecular complexity index is 575. The highest BCUT2D eigenvalue weighted by atomic mass is 16.5. The summed E-state index contributed by atoms with van der Waals surface area (Å²) < 4.78 is 5.01. The van der Waals surface area contributed by atoms with E-state index in [-0.39, 0.29) is 12.6 Å². The van der Waals surface area contributed by atoms with Crippen LogP contribution in [-0.2, 0) is 4.74 Å². The molecule has 0 spiro atoms. The lowest BCUT2D eigenvalue weighted by atomic mass is 10.1. The first-order valence-electron chi connectivity index (χ1n) is 5.37. The fourth-order valence-corrected chi connectivity index (χ4v) is 1.63. The van der Waals surface area contributed by atoms with Crippen LogP contribution in [0.1, 0.15) is 16.1 Å². The third kappa shape index (κ3) is 2.33. The number of ether oxygens (including phenoxy) is 1. The molecule has 1 aromatic heterocycles. The summed E-state index contributed by atoms with van der Waals surface area (Å²) in [6.07, 6.45) is 1.54. The molecule has 0 amide bonds. The lowest BCUT2D eigenvalue weighted by molar-refractivity contribution is 0.0548. The predicted molar refractivity (Wildman–Crippen MR) is 67.0 cm³/mol. The lowest BCUT2D eigenvalue weighted by Crippen LogP contribution is -2.08. The Morgan fingerprint density at radius 1 is 1.47 bits per heavy atom. The predicted octanol–water partition coefficient (Wildman–Crippen LogP) is 2.89. The molecule has 0 aliphatic carbocycles. The normalized spacial score (nSPS) is 10.2. The third-order valence-corrected chi connectivity index (χ3v) is 2.47. The number of fused-ring (bicyclic) bond motifs is 1. The number of esters is 1. The van der Waals surface area contributed by atoms with Gasteiger partial charge in [0.05, 0.1) is 16.8 Å². The molecular formula is C14H13NO2. The van der Waals surface area contributed by atoms with E-state index in [1.807, 2.05) is 30.3 Å². The summed E-state index contributed by atoms with van der Waals surface area (Å²) in [5.74, 6) is -0.361. The molecule has 0 aliphatic heterocycles. The maximum absolute atomic E-state index is 11.8. The minimum absolute atomic E-state index is 0.213. The smallest absolute Gasteiger partial charge is 0.340 e. The molecule has 1 heterocycles. The monoisotopic (exact) mass is 227 g/mol. The second kappa shape index (κ2) is 4.78. The lowest BCUT2D eigenvalue weighted by Gasteiger charge is -2.06. The molecule has 0 aliphatic rings. The van der Waals surface area contributed by atoms with Crippen molar-refractivity contribution in [1.29, 1.82) is 0 Å². The quantitative estimate of drug-likeness (QED) is 0.598. The zero-order valence-electron chi connectivity index (χ0n) is 9.64. The summed E-state index contributed by atoms with van der Waals surface area (Å²) in [5.41, 5.74) is 2.06. The van der Waals surface area contributed by atoms with Crippen molar-refractivity contribution in [2.75, 3.05) is 6.61 Å². The van der Waals surface area contributed by atoms with E-state index in [9.17, 15) is 4.79 Å². The number of pyridine rings is 1. The Morgan fingerprint density at radius 2 is 2.24 bits per heavy atom. The average Bonchev–Trinajstić information content (AvgIpc) is 2.35. The highest BCUT2D eigenvalue weighted by molar-refractivity contribution is 5.95. The average molecular weight is 227 g/mol. The second-order valence-corrected chi connectivity index (χ2v) is 3.70. The van der Waals surface area contributed by atoms with Crippen molar-refractivity contribution in [2.45, 2.75) is 6.92 Å². The molecular weight excluding hydrogens is 214 g/mol. The summed E-state index contributed by atoms with van der Waals surface area (Å²) in [7, 11) is 0. The zero-order valence-corrected chi connectivity index (χ0v) is 9.64. The van der Waals surface area contributed by atoms with Gasteiger partial charge in [-0.05, 0) is 19.1 Å². The van der Waals surface area contributed by atoms with Gasteiger partial charge in [-0.2, -0.15) is 0 Å². The van der Waals surface area contributed by atoms with E-state index in [1.165, 1.54) is 0 Å². The number of hydrogen-bond donors (Lipinski definition) is 0. The highest BCUT2D eigenvalue weighted by Gasteiger charge is 2.12. The molecule has 0 saturated heterocycles. The van der Waals surface area contributed by atoms with E-state index in [2.05, 4.69) is 11.6 Å². The number of aromatic nitrogens is 1. The maximum atomic E-state index is 11.8. The van der Waals surface area contributed by atoms with E-state index in [0.29, 0.717) is 11.3 Å². The molecule has 1 aromatic carbocycles. The number of aryl methyl sites for hydroxylation is 1. The van der Waals surface area contributed by atoms with Gasteiger partial charge in [0.15, 0.2) is 0 Å². The van der Waals surface area contributed by atoms with Gasteiger partial charge in [0.2, 0.25) is 0 Å². The van der Waals surface area contributed by atoms with Gasteiger partial charge >= 0.3 is 5.97 Å². The molecule has 2 rings (SSSR count). The number of hydrogen-bond acceptors (Lipinski definition) is 3. The van der Waals surface area contributed by atoms with Crippen LogP contribution in [0.15, 0.2) is 43.0 Å². The fourth-order valence-electron chi connectivity index (χ4n) is 1.63. The van der Waals surface area contributed by atoms with Crippen molar-refractivity contribution in [3.8, 4) is 0 Å². The summed E-state index contributed by atoms with van der Waals surface area (Å²) in [6.45, 7) is 5.52. The van der Waals surface area contributed by atoms with Crippen LogP contribution in [-0.4, -0.2) is 17.6 Å². The number of nitrogens with zero attached hydrogens (tertiary/aromatic N) is 1. The van der Waals surface area contributed by atoms with E-state index < -0.39 is 0 Å². The Balaban J connectivity index is 2.43. The van der Waals surface area contributed by atoms with Crippen molar-refractivity contribution in [1.82, 2.24) is 4.98 Å². The first-order chi connectivity index (χ1) is 8.22. The van der Waals surface area contributed by atoms with Crippen LogP contribution >= 0.6 is 0 Å². The summed E-state index contributed by atoms with van der Waals surface area (Å²) >= 11 is 0. The molecule has 3 heteroatoms. The summed E-state index contributed by atoms with van der Waals surface area (Å²) in [6, 6.07) is 9.49. The number of rotatable bonds is 3. The van der Waals surface area contributed by atoms with Crippen molar-refractivity contribution >= 4 is 16.9 Å². The molecule has 0 bridgehead atoms. The van der Waals surface area contributed by atoms with Gasteiger partial charge in [-0.25, -0.2) is 4.79 Å². The molecule has 0 atom stereocenters. The first kappa shape index (κ1) is 11.3.